The summed E-state index contributed by atoms with van der Waals surface area (Å²) in [7, 11) is 1.93. The van der Waals surface area contributed by atoms with Crippen molar-refractivity contribution in [2.75, 3.05) is 13.7 Å². The Morgan fingerprint density at radius 1 is 1.00 bits per heavy atom. The van der Waals surface area contributed by atoms with E-state index in [0.29, 0.717) is 30.5 Å². The molecule has 0 aromatic heterocycles. The van der Waals surface area contributed by atoms with Crippen molar-refractivity contribution in [3.63, 3.8) is 0 Å². The van der Waals surface area contributed by atoms with E-state index in [1.807, 2.05) is 27.9 Å². The summed E-state index contributed by atoms with van der Waals surface area (Å²) in [6, 6.07) is 0. The Morgan fingerprint density at radius 3 is 2.35 bits per heavy atom. The first-order valence-corrected chi connectivity index (χ1v) is 12.9. The first-order valence-electron chi connectivity index (χ1n) is 12.9. The van der Waals surface area contributed by atoms with Crippen LogP contribution in [0.25, 0.3) is 0 Å². The van der Waals surface area contributed by atoms with Crippen LogP contribution in [0.2, 0.25) is 0 Å². The highest BCUT2D eigenvalue weighted by atomic mass is 16.5. The van der Waals surface area contributed by atoms with Gasteiger partial charge in [-0.3, -0.25) is 0 Å². The van der Waals surface area contributed by atoms with Gasteiger partial charge in [0.15, 0.2) is 0 Å². The second kappa shape index (κ2) is 7.96. The molecule has 0 aromatic rings. The van der Waals surface area contributed by atoms with E-state index >= 15 is 0 Å². The van der Waals surface area contributed by atoms with Gasteiger partial charge in [-0.2, -0.15) is 0 Å². The standard InChI is InChI=1S/C27H48O4/c1-17(31-16-24(2,3)28)20-10-11-21-19-9-8-18-14-25(4,29)12-13-26(18,5)23(19)22(30-7)15-27(20,21)6/h17-23,28-29H,8-16H2,1-7H3/t17-,18-,19-,20+,21-,22-,23+,25-,26-,27+/m0/s1. The van der Waals surface area contributed by atoms with Gasteiger partial charge in [0.05, 0.1) is 30.0 Å². The maximum atomic E-state index is 10.8. The molecule has 4 heteroatoms. The predicted octanol–water partition coefficient (Wildman–Crippen LogP) is 5.20. The maximum Gasteiger partial charge on any atom is 0.0824 e. The smallest absolute Gasteiger partial charge is 0.0824 e. The summed E-state index contributed by atoms with van der Waals surface area (Å²) in [6.45, 7) is 13.4. The first kappa shape index (κ1) is 24.0. The molecule has 180 valence electrons. The van der Waals surface area contributed by atoms with Crippen molar-refractivity contribution in [1.82, 2.24) is 0 Å². The summed E-state index contributed by atoms with van der Waals surface area (Å²) in [6.07, 6.45) is 9.64. The minimum Gasteiger partial charge on any atom is -0.390 e. The van der Waals surface area contributed by atoms with E-state index in [2.05, 4.69) is 20.8 Å². The highest BCUT2D eigenvalue weighted by Crippen LogP contribution is 2.68. The fourth-order valence-electron chi connectivity index (χ4n) is 9.01. The van der Waals surface area contributed by atoms with Crippen LogP contribution in [-0.2, 0) is 9.47 Å². The lowest BCUT2D eigenvalue weighted by Crippen LogP contribution is -2.60. The topological polar surface area (TPSA) is 58.9 Å². The van der Waals surface area contributed by atoms with Gasteiger partial charge in [0.25, 0.3) is 0 Å². The molecule has 31 heavy (non-hydrogen) atoms. The SMILES string of the molecule is CO[C@H]1C[C@]2(C)[C@@H]([C@H](C)OCC(C)(C)O)CC[C@H]2[C@@H]2CC[C@H]3C[C@@](C)(O)CC[C@]3(C)[C@H]21. The molecule has 0 aliphatic heterocycles. The highest BCUT2D eigenvalue weighted by molar-refractivity contribution is 5.13. The van der Waals surface area contributed by atoms with Crippen LogP contribution in [0.5, 0.6) is 0 Å². The molecular formula is C27H48O4. The molecule has 4 rings (SSSR count). The normalized spacial score (nSPS) is 51.0. The summed E-state index contributed by atoms with van der Waals surface area (Å²) in [4.78, 5) is 0. The second-order valence-electron chi connectivity index (χ2n) is 13.3. The molecule has 4 nitrogen and oxygen atoms in total. The summed E-state index contributed by atoms with van der Waals surface area (Å²) < 4.78 is 12.5. The molecule has 0 heterocycles. The van der Waals surface area contributed by atoms with Crippen molar-refractivity contribution in [2.24, 2.45) is 40.4 Å². The molecule has 0 spiro atoms. The molecule has 0 aromatic carbocycles. The number of rotatable bonds is 5. The summed E-state index contributed by atoms with van der Waals surface area (Å²) >= 11 is 0. The van der Waals surface area contributed by atoms with Crippen molar-refractivity contribution in [1.29, 1.82) is 0 Å². The van der Waals surface area contributed by atoms with Crippen LogP contribution in [0.4, 0.5) is 0 Å². The average molecular weight is 437 g/mol. The van der Waals surface area contributed by atoms with Crippen LogP contribution in [0.3, 0.4) is 0 Å². The third-order valence-corrected chi connectivity index (χ3v) is 10.5. The maximum absolute atomic E-state index is 10.8. The minimum absolute atomic E-state index is 0.159. The van der Waals surface area contributed by atoms with Crippen LogP contribution >= 0.6 is 0 Å². The van der Waals surface area contributed by atoms with Crippen LogP contribution in [0, 0.1) is 40.4 Å². The molecule has 10 atom stereocenters. The van der Waals surface area contributed by atoms with Crippen LogP contribution in [0.1, 0.15) is 92.9 Å². The van der Waals surface area contributed by atoms with E-state index < -0.39 is 11.2 Å². The molecular weight excluding hydrogens is 388 g/mol. The van der Waals surface area contributed by atoms with Crippen molar-refractivity contribution < 1.29 is 19.7 Å². The number of hydrogen-bond donors (Lipinski definition) is 2. The Balaban J connectivity index is 1.58. The van der Waals surface area contributed by atoms with E-state index in [1.165, 1.54) is 25.7 Å². The lowest BCUT2D eigenvalue weighted by Gasteiger charge is -2.64. The van der Waals surface area contributed by atoms with Gasteiger partial charge < -0.3 is 19.7 Å². The highest BCUT2D eigenvalue weighted by Gasteiger charge is 2.64. The lowest BCUT2D eigenvalue weighted by molar-refractivity contribution is -0.200. The minimum atomic E-state index is -0.783. The zero-order valence-electron chi connectivity index (χ0n) is 21.1. The third-order valence-electron chi connectivity index (χ3n) is 10.5. The fraction of sp³-hybridized carbons (Fsp3) is 1.00. The Kier molecular flexibility index (Phi) is 6.16. The van der Waals surface area contributed by atoms with E-state index in [4.69, 9.17) is 9.47 Å². The van der Waals surface area contributed by atoms with E-state index in [0.717, 1.165) is 37.5 Å². The molecule has 0 bridgehead atoms. The Morgan fingerprint density at radius 2 is 1.71 bits per heavy atom. The van der Waals surface area contributed by atoms with Crippen LogP contribution in [-0.4, -0.2) is 47.3 Å². The average Bonchev–Trinajstić information content (AvgIpc) is 3.02. The van der Waals surface area contributed by atoms with Gasteiger partial charge in [-0.15, -0.1) is 0 Å². The molecule has 0 unspecified atom stereocenters. The zero-order chi connectivity index (χ0) is 22.8. The number of ether oxygens (including phenoxy) is 2. The first-order chi connectivity index (χ1) is 14.3. The molecule has 4 aliphatic carbocycles. The van der Waals surface area contributed by atoms with Crippen molar-refractivity contribution >= 4 is 0 Å². The lowest BCUT2D eigenvalue weighted by atomic mass is 9.43. The van der Waals surface area contributed by atoms with E-state index in [1.54, 1.807) is 0 Å². The van der Waals surface area contributed by atoms with Crippen molar-refractivity contribution in [3.8, 4) is 0 Å². The van der Waals surface area contributed by atoms with Gasteiger partial charge in [-0.1, -0.05) is 13.8 Å². The molecule has 4 aliphatic rings. The summed E-state index contributed by atoms with van der Waals surface area (Å²) in [5.41, 5.74) is -0.748. The largest absolute Gasteiger partial charge is 0.390 e. The van der Waals surface area contributed by atoms with Crippen molar-refractivity contribution in [3.05, 3.63) is 0 Å². The Labute approximate surface area is 190 Å². The molecule has 0 amide bonds. The van der Waals surface area contributed by atoms with Gasteiger partial charge >= 0.3 is 0 Å². The van der Waals surface area contributed by atoms with Gasteiger partial charge in [0.2, 0.25) is 0 Å². The van der Waals surface area contributed by atoms with Crippen LogP contribution in [0.15, 0.2) is 0 Å². The third kappa shape index (κ3) is 4.13. The summed E-state index contributed by atoms with van der Waals surface area (Å²) in [5, 5.41) is 20.9. The quantitative estimate of drug-likeness (QED) is 0.622. The number of methoxy groups -OCH3 is 1. The second-order valence-corrected chi connectivity index (χ2v) is 13.3. The molecule has 4 saturated carbocycles. The zero-order valence-corrected chi connectivity index (χ0v) is 21.1. The molecule has 0 radical (unpaired) electrons. The molecule has 4 fully saturated rings. The predicted molar refractivity (Wildman–Crippen MR) is 124 cm³/mol. The molecule has 2 N–H and O–H groups in total. The van der Waals surface area contributed by atoms with E-state index in [9.17, 15) is 10.2 Å². The van der Waals surface area contributed by atoms with Gasteiger partial charge in [0.1, 0.15) is 0 Å². The van der Waals surface area contributed by atoms with Gasteiger partial charge in [-0.05, 0) is 119 Å². The number of hydrogen-bond acceptors (Lipinski definition) is 4. The van der Waals surface area contributed by atoms with Crippen molar-refractivity contribution in [2.45, 2.75) is 116 Å². The van der Waals surface area contributed by atoms with Crippen LogP contribution < -0.4 is 0 Å². The monoisotopic (exact) mass is 436 g/mol. The Bertz CT molecular complexity index is 654. The van der Waals surface area contributed by atoms with E-state index in [-0.39, 0.29) is 16.9 Å². The van der Waals surface area contributed by atoms with Gasteiger partial charge in [0, 0.05) is 7.11 Å². The van der Waals surface area contributed by atoms with Gasteiger partial charge in [-0.25, -0.2) is 0 Å². The fourth-order valence-corrected chi connectivity index (χ4v) is 9.01. The Hall–Kier alpha value is -0.160. The summed E-state index contributed by atoms with van der Waals surface area (Å²) in [5.74, 6) is 3.21. The number of fused-ring (bicyclic) bond motifs is 5. The number of aliphatic hydroxyl groups is 2. The molecule has 0 saturated heterocycles.